The summed E-state index contributed by atoms with van der Waals surface area (Å²) < 4.78 is 0. The van der Waals surface area contributed by atoms with E-state index in [-0.39, 0.29) is 0 Å². The van der Waals surface area contributed by atoms with Gasteiger partial charge in [-0.05, 0) is 13.8 Å². The van der Waals surface area contributed by atoms with Crippen LogP contribution >= 0.6 is 0 Å². The van der Waals surface area contributed by atoms with Gasteiger partial charge in [-0.1, -0.05) is 0 Å². The molecule has 1 heterocycles. The number of nitrogens with one attached hydrogen (secondary N) is 2. The second-order valence-corrected chi connectivity index (χ2v) is 2.17. The number of hydrogen-bond acceptors (Lipinski definition) is 2. The molecule has 0 radical (unpaired) electrons. The number of hydrogen-bond donors (Lipinski definition) is 2. The Morgan fingerprint density at radius 3 is 3.09 bits per heavy atom. The fraction of sp³-hybridized carbons (Fsp3) is 0.571. The summed E-state index contributed by atoms with van der Waals surface area (Å²) in [5, 5.41) is 3.05. The highest BCUT2D eigenvalue weighted by molar-refractivity contribution is 4.81. The minimum atomic E-state index is 0.812. The van der Waals surface area contributed by atoms with Gasteiger partial charge in [0.1, 0.15) is 5.49 Å². The topological polar surface area (TPSA) is 45.1 Å². The molecule has 0 bridgehead atoms. The minimum Gasteiger partial charge on any atom is -0.312 e. The Bertz CT molecular complexity index is 257. The van der Waals surface area contributed by atoms with Crippen LogP contribution in [0.5, 0.6) is 0 Å². The van der Waals surface area contributed by atoms with E-state index in [1.807, 2.05) is 26.1 Å². The van der Waals surface area contributed by atoms with Crippen molar-refractivity contribution in [3.05, 3.63) is 17.8 Å². The Balaban J connectivity index is 2.73. The van der Waals surface area contributed by atoms with Crippen molar-refractivity contribution >= 4 is 0 Å². The van der Waals surface area contributed by atoms with E-state index in [1.54, 1.807) is 4.79 Å². The van der Waals surface area contributed by atoms with E-state index >= 15 is 0 Å². The molecule has 0 aromatic carbocycles. The Kier molecular flexibility index (Phi) is 2.77. The SMILES string of the molecule is CCN=c1ccn(NCC)[nH]1. The summed E-state index contributed by atoms with van der Waals surface area (Å²) in [6, 6.07) is 1.94. The second kappa shape index (κ2) is 3.85. The van der Waals surface area contributed by atoms with Crippen LogP contribution in [0.3, 0.4) is 0 Å². The highest BCUT2D eigenvalue weighted by Gasteiger charge is 1.84. The van der Waals surface area contributed by atoms with Gasteiger partial charge in [0.25, 0.3) is 0 Å². The van der Waals surface area contributed by atoms with Crippen molar-refractivity contribution in [2.24, 2.45) is 4.99 Å². The smallest absolute Gasteiger partial charge is 0.142 e. The molecule has 1 rings (SSSR count). The molecule has 2 N–H and O–H groups in total. The number of rotatable bonds is 3. The van der Waals surface area contributed by atoms with Crippen LogP contribution in [-0.4, -0.2) is 23.0 Å². The molecular weight excluding hydrogens is 140 g/mol. The Hall–Kier alpha value is -1.19. The van der Waals surface area contributed by atoms with Crippen LogP contribution in [0.1, 0.15) is 13.8 Å². The summed E-state index contributed by atoms with van der Waals surface area (Å²) in [7, 11) is 0. The fourth-order valence-corrected chi connectivity index (χ4v) is 0.864. The summed E-state index contributed by atoms with van der Waals surface area (Å²) in [6.45, 7) is 5.77. The molecule has 1 aromatic heterocycles. The molecule has 0 atom stereocenters. The lowest BCUT2D eigenvalue weighted by molar-refractivity contribution is 0.728. The maximum Gasteiger partial charge on any atom is 0.142 e. The third-order valence-corrected chi connectivity index (χ3v) is 1.27. The van der Waals surface area contributed by atoms with E-state index < -0.39 is 0 Å². The van der Waals surface area contributed by atoms with Crippen molar-refractivity contribution in [2.75, 3.05) is 18.5 Å². The highest BCUT2D eigenvalue weighted by atomic mass is 15.5. The lowest BCUT2D eigenvalue weighted by Gasteiger charge is -2.00. The highest BCUT2D eigenvalue weighted by Crippen LogP contribution is 1.72. The summed E-state index contributed by atoms with van der Waals surface area (Å²) >= 11 is 0. The largest absolute Gasteiger partial charge is 0.312 e. The van der Waals surface area contributed by atoms with E-state index in [1.165, 1.54) is 0 Å². The zero-order chi connectivity index (χ0) is 8.10. The van der Waals surface area contributed by atoms with E-state index in [0.717, 1.165) is 18.6 Å². The zero-order valence-corrected chi connectivity index (χ0v) is 6.96. The van der Waals surface area contributed by atoms with Gasteiger partial charge in [-0.25, -0.2) is 4.79 Å². The van der Waals surface area contributed by atoms with Gasteiger partial charge in [0.2, 0.25) is 0 Å². The van der Waals surface area contributed by atoms with Gasteiger partial charge in [-0.15, -0.1) is 0 Å². The molecule has 0 amide bonds. The summed E-state index contributed by atoms with van der Waals surface area (Å²) in [4.78, 5) is 5.99. The Morgan fingerprint density at radius 1 is 1.64 bits per heavy atom. The molecule has 0 unspecified atom stereocenters. The monoisotopic (exact) mass is 154 g/mol. The lowest BCUT2D eigenvalue weighted by atomic mass is 10.7. The van der Waals surface area contributed by atoms with E-state index in [9.17, 15) is 0 Å². The average molecular weight is 154 g/mol. The van der Waals surface area contributed by atoms with Crippen LogP contribution in [0.4, 0.5) is 0 Å². The van der Waals surface area contributed by atoms with Gasteiger partial charge in [0, 0.05) is 25.4 Å². The van der Waals surface area contributed by atoms with Gasteiger partial charge in [0.05, 0.1) is 0 Å². The Morgan fingerprint density at radius 2 is 2.45 bits per heavy atom. The predicted octanol–water partition coefficient (Wildman–Crippen LogP) is 0.300. The van der Waals surface area contributed by atoms with E-state index in [2.05, 4.69) is 15.5 Å². The number of nitrogens with zero attached hydrogens (tertiary/aromatic N) is 2. The molecule has 1 aromatic rings. The second-order valence-electron chi connectivity index (χ2n) is 2.17. The van der Waals surface area contributed by atoms with Crippen LogP contribution in [0.15, 0.2) is 17.3 Å². The fourth-order valence-electron chi connectivity index (χ4n) is 0.864. The molecule has 4 nitrogen and oxygen atoms in total. The van der Waals surface area contributed by atoms with Crippen molar-refractivity contribution in [3.8, 4) is 0 Å². The normalized spacial score (nSPS) is 12.0. The molecule has 0 saturated heterocycles. The third-order valence-electron chi connectivity index (χ3n) is 1.27. The van der Waals surface area contributed by atoms with E-state index in [4.69, 9.17) is 0 Å². The van der Waals surface area contributed by atoms with Crippen LogP contribution in [0.25, 0.3) is 0 Å². The molecule has 0 fully saturated rings. The molecule has 11 heavy (non-hydrogen) atoms. The third kappa shape index (κ3) is 2.14. The van der Waals surface area contributed by atoms with Gasteiger partial charge in [-0.2, -0.15) is 0 Å². The van der Waals surface area contributed by atoms with Crippen molar-refractivity contribution < 1.29 is 0 Å². The molecule has 62 valence electrons. The number of aromatic amines is 1. The van der Waals surface area contributed by atoms with E-state index in [0.29, 0.717) is 0 Å². The van der Waals surface area contributed by atoms with Crippen LogP contribution < -0.4 is 10.9 Å². The first-order valence-electron chi connectivity index (χ1n) is 3.89. The number of H-pyrrole nitrogens is 1. The van der Waals surface area contributed by atoms with Gasteiger partial charge in [-0.3, -0.25) is 10.1 Å². The molecule has 0 saturated carbocycles. The first-order valence-corrected chi connectivity index (χ1v) is 3.89. The van der Waals surface area contributed by atoms with Crippen LogP contribution in [0, 0.1) is 0 Å². The van der Waals surface area contributed by atoms with Crippen molar-refractivity contribution in [1.82, 2.24) is 9.89 Å². The average Bonchev–Trinajstić information content (AvgIpc) is 2.38. The molecule has 0 spiro atoms. The maximum atomic E-state index is 4.19. The predicted molar refractivity (Wildman–Crippen MR) is 44.8 cm³/mol. The molecule has 4 heteroatoms. The summed E-state index contributed by atoms with van der Waals surface area (Å²) in [5.74, 6) is 0. The first-order chi connectivity index (χ1) is 5.36. The first kappa shape index (κ1) is 7.91. The van der Waals surface area contributed by atoms with Crippen molar-refractivity contribution in [3.63, 3.8) is 0 Å². The molecule has 0 aliphatic carbocycles. The Labute approximate surface area is 65.9 Å². The molecule has 0 aliphatic rings. The lowest BCUT2D eigenvalue weighted by Crippen LogP contribution is -2.17. The standard InChI is InChI=1S/C7H14N4/c1-3-8-7-5-6-11(10-7)9-4-2/h5-6,9H,3-4H2,1-2H3,(H,8,10). The van der Waals surface area contributed by atoms with Crippen LogP contribution in [0.2, 0.25) is 0 Å². The number of aromatic nitrogens is 2. The quantitative estimate of drug-likeness (QED) is 0.646. The van der Waals surface area contributed by atoms with Crippen LogP contribution in [-0.2, 0) is 0 Å². The molecular formula is C7H14N4. The van der Waals surface area contributed by atoms with Gasteiger partial charge < -0.3 is 5.43 Å². The summed E-state index contributed by atoms with van der Waals surface area (Å²) in [6.07, 6.45) is 1.91. The zero-order valence-electron chi connectivity index (χ0n) is 6.96. The van der Waals surface area contributed by atoms with Gasteiger partial charge >= 0.3 is 0 Å². The minimum absolute atomic E-state index is 0.812. The van der Waals surface area contributed by atoms with Gasteiger partial charge in [0.15, 0.2) is 0 Å². The summed E-state index contributed by atoms with van der Waals surface area (Å²) in [5.41, 5.74) is 4.00. The van der Waals surface area contributed by atoms with Crippen molar-refractivity contribution in [2.45, 2.75) is 13.8 Å². The maximum absolute atomic E-state index is 4.19. The van der Waals surface area contributed by atoms with Crippen molar-refractivity contribution in [1.29, 1.82) is 0 Å². The molecule has 0 aliphatic heterocycles.